The molecule has 0 bridgehead atoms. The molecule has 166 valence electrons. The third kappa shape index (κ3) is 7.77. The molecule has 2 N–H and O–H groups in total. The van der Waals surface area contributed by atoms with Crippen molar-refractivity contribution < 1.29 is 23.9 Å². The van der Waals surface area contributed by atoms with Crippen LogP contribution in [0.15, 0.2) is 60.7 Å². The Kier molecular flexibility index (Phi) is 8.61. The number of amides is 2. The van der Waals surface area contributed by atoms with E-state index in [1.807, 2.05) is 60.7 Å². The fourth-order valence-electron chi connectivity index (χ4n) is 3.11. The van der Waals surface area contributed by atoms with Crippen LogP contribution in [0.1, 0.15) is 44.7 Å². The van der Waals surface area contributed by atoms with Crippen molar-refractivity contribution in [2.75, 3.05) is 13.2 Å². The summed E-state index contributed by atoms with van der Waals surface area (Å²) in [6, 6.07) is 17.8. The maximum Gasteiger partial charge on any atom is 0.408 e. The van der Waals surface area contributed by atoms with Gasteiger partial charge in [-0.2, -0.15) is 0 Å². The van der Waals surface area contributed by atoms with Gasteiger partial charge in [-0.05, 0) is 38.8 Å². The van der Waals surface area contributed by atoms with E-state index in [2.05, 4.69) is 10.6 Å². The van der Waals surface area contributed by atoms with E-state index in [1.165, 1.54) is 0 Å². The number of carbonyl (C=O) groups excluding carboxylic acids is 3. The van der Waals surface area contributed by atoms with Crippen LogP contribution < -0.4 is 10.6 Å². The van der Waals surface area contributed by atoms with Crippen LogP contribution in [0.2, 0.25) is 0 Å². The van der Waals surface area contributed by atoms with Crippen LogP contribution in [-0.2, 0) is 19.1 Å². The molecule has 0 saturated carbocycles. The van der Waals surface area contributed by atoms with Gasteiger partial charge in [0.15, 0.2) is 0 Å². The van der Waals surface area contributed by atoms with E-state index in [-0.39, 0.29) is 13.2 Å². The Morgan fingerprint density at radius 3 is 1.87 bits per heavy atom. The zero-order chi connectivity index (χ0) is 22.9. The fraction of sp³-hybridized carbons (Fsp3) is 0.375. The van der Waals surface area contributed by atoms with Gasteiger partial charge in [0.1, 0.15) is 18.2 Å². The molecule has 2 aromatic rings. The second-order valence-corrected chi connectivity index (χ2v) is 7.95. The number of esters is 1. The van der Waals surface area contributed by atoms with Crippen LogP contribution >= 0.6 is 0 Å². The van der Waals surface area contributed by atoms with E-state index in [9.17, 15) is 14.4 Å². The first-order valence-electron chi connectivity index (χ1n) is 10.2. The Hall–Kier alpha value is -3.35. The molecule has 0 aliphatic heterocycles. The Balaban J connectivity index is 2.39. The smallest absolute Gasteiger partial charge is 0.408 e. The summed E-state index contributed by atoms with van der Waals surface area (Å²) in [5, 5.41) is 5.27. The number of ether oxygens (including phenoxy) is 2. The molecule has 0 fully saturated rings. The van der Waals surface area contributed by atoms with Gasteiger partial charge in [-0.3, -0.25) is 9.59 Å². The van der Waals surface area contributed by atoms with Crippen molar-refractivity contribution in [2.24, 2.45) is 0 Å². The maximum absolute atomic E-state index is 13.2. The molecular weight excluding hydrogens is 396 g/mol. The van der Waals surface area contributed by atoms with Crippen LogP contribution in [0.4, 0.5) is 4.79 Å². The van der Waals surface area contributed by atoms with E-state index in [0.29, 0.717) is 0 Å². The third-order valence-corrected chi connectivity index (χ3v) is 4.32. The zero-order valence-electron chi connectivity index (χ0n) is 18.4. The second kappa shape index (κ2) is 11.2. The van der Waals surface area contributed by atoms with E-state index in [4.69, 9.17) is 9.47 Å². The lowest BCUT2D eigenvalue weighted by Gasteiger charge is -2.29. The number of benzene rings is 2. The highest BCUT2D eigenvalue weighted by Gasteiger charge is 2.34. The van der Waals surface area contributed by atoms with Crippen molar-refractivity contribution in [1.82, 2.24) is 10.6 Å². The van der Waals surface area contributed by atoms with Crippen molar-refractivity contribution in [3.8, 4) is 0 Å². The van der Waals surface area contributed by atoms with Gasteiger partial charge in [0.2, 0.25) is 5.91 Å². The molecule has 2 rings (SSSR count). The minimum absolute atomic E-state index is 0.213. The first kappa shape index (κ1) is 23.9. The number of hydrogen-bond acceptors (Lipinski definition) is 5. The average molecular weight is 427 g/mol. The SMILES string of the molecule is CCOC(=O)CNC(=O)[C@H](NC(=O)OC(C)(C)C)C(c1ccccc1)c1ccccc1. The lowest BCUT2D eigenvalue weighted by atomic mass is 9.84. The molecule has 0 unspecified atom stereocenters. The molecule has 2 aromatic carbocycles. The summed E-state index contributed by atoms with van der Waals surface area (Å²) in [6.45, 7) is 6.84. The monoisotopic (exact) mass is 426 g/mol. The quantitative estimate of drug-likeness (QED) is 0.631. The lowest BCUT2D eigenvalue weighted by molar-refractivity contribution is -0.143. The molecule has 0 radical (unpaired) electrons. The normalized spacial score (nSPS) is 12.0. The lowest BCUT2D eigenvalue weighted by Crippen LogP contribution is -2.52. The summed E-state index contributed by atoms with van der Waals surface area (Å²) in [5.41, 5.74) is 0.937. The summed E-state index contributed by atoms with van der Waals surface area (Å²) < 4.78 is 10.3. The summed E-state index contributed by atoms with van der Waals surface area (Å²) >= 11 is 0. The Labute approximate surface area is 183 Å². The minimum Gasteiger partial charge on any atom is -0.465 e. The van der Waals surface area contributed by atoms with Crippen LogP contribution in [0.5, 0.6) is 0 Å². The van der Waals surface area contributed by atoms with E-state index in [0.717, 1.165) is 11.1 Å². The van der Waals surface area contributed by atoms with E-state index >= 15 is 0 Å². The van der Waals surface area contributed by atoms with Crippen LogP contribution in [0.25, 0.3) is 0 Å². The summed E-state index contributed by atoms with van der Waals surface area (Å²) in [6.07, 6.45) is -0.722. The molecule has 0 saturated heterocycles. The van der Waals surface area contributed by atoms with Gasteiger partial charge in [0, 0.05) is 5.92 Å². The zero-order valence-corrected chi connectivity index (χ0v) is 18.4. The Morgan fingerprint density at radius 2 is 1.42 bits per heavy atom. The standard InChI is InChI=1S/C24H30N2O5/c1-5-30-19(27)16-25-22(28)21(26-23(29)31-24(2,3)4)20(17-12-8-6-9-13-17)18-14-10-7-11-15-18/h6-15,20-21H,5,16H2,1-4H3,(H,25,28)(H,26,29)/t21-/m1/s1. The highest BCUT2D eigenvalue weighted by atomic mass is 16.6. The molecule has 1 atom stereocenters. The minimum atomic E-state index is -1.02. The fourth-order valence-corrected chi connectivity index (χ4v) is 3.11. The van der Waals surface area contributed by atoms with Crippen molar-refractivity contribution in [2.45, 2.75) is 45.3 Å². The topological polar surface area (TPSA) is 93.7 Å². The average Bonchev–Trinajstić information content (AvgIpc) is 2.72. The molecule has 0 spiro atoms. The van der Waals surface area contributed by atoms with Crippen LogP contribution in [0.3, 0.4) is 0 Å². The van der Waals surface area contributed by atoms with Crippen molar-refractivity contribution in [1.29, 1.82) is 0 Å². The predicted octanol–water partition coefficient (Wildman–Crippen LogP) is 3.39. The number of rotatable bonds is 8. The van der Waals surface area contributed by atoms with Gasteiger partial charge in [-0.15, -0.1) is 0 Å². The molecule has 31 heavy (non-hydrogen) atoms. The highest BCUT2D eigenvalue weighted by molar-refractivity contribution is 5.89. The molecule has 7 nitrogen and oxygen atoms in total. The maximum atomic E-state index is 13.2. The molecule has 2 amide bonds. The third-order valence-electron chi connectivity index (χ3n) is 4.32. The Bertz CT molecular complexity index is 823. The largest absolute Gasteiger partial charge is 0.465 e. The van der Waals surface area contributed by atoms with Crippen LogP contribution in [0, 0.1) is 0 Å². The van der Waals surface area contributed by atoms with Gasteiger partial charge < -0.3 is 20.1 Å². The number of carbonyl (C=O) groups is 3. The van der Waals surface area contributed by atoms with Gasteiger partial charge in [-0.1, -0.05) is 60.7 Å². The molecule has 0 aromatic heterocycles. The molecule has 0 aliphatic rings. The first-order valence-corrected chi connectivity index (χ1v) is 10.2. The molecule has 0 heterocycles. The molecule has 7 heteroatoms. The summed E-state index contributed by atoms with van der Waals surface area (Å²) in [7, 11) is 0. The van der Waals surface area contributed by atoms with Crippen molar-refractivity contribution >= 4 is 18.0 Å². The highest BCUT2D eigenvalue weighted by Crippen LogP contribution is 2.28. The van der Waals surface area contributed by atoms with Crippen molar-refractivity contribution in [3.05, 3.63) is 71.8 Å². The molecular formula is C24H30N2O5. The van der Waals surface area contributed by atoms with Gasteiger partial charge >= 0.3 is 12.1 Å². The number of hydrogen-bond donors (Lipinski definition) is 2. The second-order valence-electron chi connectivity index (χ2n) is 7.95. The Morgan fingerprint density at radius 1 is 0.903 bits per heavy atom. The summed E-state index contributed by atoms with van der Waals surface area (Å²) in [4.78, 5) is 37.5. The molecule has 0 aliphatic carbocycles. The van der Waals surface area contributed by atoms with Gasteiger partial charge in [0.05, 0.1) is 6.61 Å². The van der Waals surface area contributed by atoms with Crippen LogP contribution in [-0.4, -0.2) is 42.8 Å². The summed E-state index contributed by atoms with van der Waals surface area (Å²) in [5.74, 6) is -1.57. The van der Waals surface area contributed by atoms with Gasteiger partial charge in [0.25, 0.3) is 0 Å². The first-order chi connectivity index (χ1) is 14.7. The predicted molar refractivity (Wildman–Crippen MR) is 118 cm³/mol. The van der Waals surface area contributed by atoms with Crippen molar-refractivity contribution in [3.63, 3.8) is 0 Å². The number of alkyl carbamates (subject to hydrolysis) is 1. The number of nitrogens with one attached hydrogen (secondary N) is 2. The van der Waals surface area contributed by atoms with Gasteiger partial charge in [-0.25, -0.2) is 4.79 Å². The van der Waals surface area contributed by atoms with E-state index in [1.54, 1.807) is 27.7 Å². The van der Waals surface area contributed by atoms with E-state index < -0.39 is 35.5 Å².